The van der Waals surface area contributed by atoms with Crippen LogP contribution in [-0.2, 0) is 22.2 Å². The molecule has 16 heteroatoms. The molecule has 0 radical (unpaired) electrons. The van der Waals surface area contributed by atoms with Crippen LogP contribution in [0.15, 0.2) is 59.0 Å². The third-order valence-corrected chi connectivity index (χ3v) is 10.2. The maximum absolute atomic E-state index is 12.9. The number of aromatic nitrogens is 3. The zero-order valence-corrected chi connectivity index (χ0v) is 37.0. The van der Waals surface area contributed by atoms with Crippen molar-refractivity contribution in [3.8, 4) is 5.75 Å². The molecule has 2 aromatic heterocycles. The number of benzene rings is 3. The molecular formula is C45H59F3N6O6S. The molecule has 0 aliphatic carbocycles. The Morgan fingerprint density at radius 1 is 0.836 bits per heavy atom. The molecule has 5 aromatic rings. The number of rotatable bonds is 21. The van der Waals surface area contributed by atoms with Crippen molar-refractivity contribution in [1.29, 1.82) is 0 Å². The quantitative estimate of drug-likeness (QED) is 0.0553. The van der Waals surface area contributed by atoms with Gasteiger partial charge in [0, 0.05) is 24.6 Å². The number of para-hydroxylation sites is 2. The molecule has 0 fully saturated rings. The third kappa shape index (κ3) is 14.6. The number of halogens is 3. The Morgan fingerprint density at radius 3 is 2.05 bits per heavy atom. The van der Waals surface area contributed by atoms with Crippen LogP contribution in [0.3, 0.4) is 0 Å². The summed E-state index contributed by atoms with van der Waals surface area (Å²) < 4.78 is 54.1. The minimum Gasteiger partial charge on any atom is -0.491 e. The summed E-state index contributed by atoms with van der Waals surface area (Å²) in [6, 6.07) is 17.6. The van der Waals surface area contributed by atoms with E-state index in [1.54, 1.807) is 13.0 Å². The van der Waals surface area contributed by atoms with Crippen LogP contribution in [0.2, 0.25) is 0 Å². The lowest BCUT2D eigenvalue weighted by Gasteiger charge is -2.31. The lowest BCUT2D eigenvalue weighted by molar-refractivity contribution is -0.144. The van der Waals surface area contributed by atoms with Crippen LogP contribution in [0.1, 0.15) is 122 Å². The van der Waals surface area contributed by atoms with E-state index in [4.69, 9.17) is 14.3 Å². The molecule has 0 saturated heterocycles. The van der Waals surface area contributed by atoms with Gasteiger partial charge in [-0.1, -0.05) is 86.1 Å². The Kier molecular flexibility index (Phi) is 17.8. The number of nitrogens with zero attached hydrogens (tertiary/aromatic N) is 4. The fourth-order valence-electron chi connectivity index (χ4n) is 6.71. The van der Waals surface area contributed by atoms with Crippen LogP contribution < -0.4 is 20.3 Å². The molecule has 2 unspecified atom stereocenters. The highest BCUT2D eigenvalue weighted by Gasteiger charge is 2.36. The van der Waals surface area contributed by atoms with Gasteiger partial charge >= 0.3 is 18.1 Å². The number of ether oxygens (including phenoxy) is 1. The third-order valence-electron chi connectivity index (χ3n) is 9.53. The molecule has 332 valence electrons. The second kappa shape index (κ2) is 22.5. The molecular weight excluding hydrogens is 810 g/mol. The highest BCUT2D eigenvalue weighted by molar-refractivity contribution is 7.09. The predicted molar refractivity (Wildman–Crippen MR) is 236 cm³/mol. The Bertz CT molecular complexity index is 2150. The first kappa shape index (κ1) is 48.3. The molecule has 2 heterocycles. The van der Waals surface area contributed by atoms with E-state index in [0.717, 1.165) is 78.1 Å². The van der Waals surface area contributed by atoms with Crippen molar-refractivity contribution < 1.29 is 42.1 Å². The molecule has 12 nitrogen and oxygen atoms in total. The van der Waals surface area contributed by atoms with Gasteiger partial charge in [0.05, 0.1) is 36.5 Å². The lowest BCUT2D eigenvalue weighted by Crippen LogP contribution is -2.31. The number of alkyl halides is 3. The number of anilines is 5. The molecule has 4 N–H and O–H groups in total. The van der Waals surface area contributed by atoms with Crippen molar-refractivity contribution in [3.05, 3.63) is 77.1 Å². The largest absolute Gasteiger partial charge is 0.491 e. The number of carboxylic acids is 2. The van der Waals surface area contributed by atoms with Crippen LogP contribution >= 0.6 is 11.5 Å². The number of fused-ring (bicyclic) bond motifs is 1. The van der Waals surface area contributed by atoms with Crippen LogP contribution in [0.4, 0.5) is 41.4 Å². The highest BCUT2D eigenvalue weighted by Crippen LogP contribution is 2.39. The minimum atomic E-state index is -4.61. The van der Waals surface area contributed by atoms with Gasteiger partial charge in [-0.2, -0.15) is 27.5 Å². The Hall–Kier alpha value is -5.38. The van der Waals surface area contributed by atoms with Gasteiger partial charge in [0.2, 0.25) is 11.0 Å². The standard InChI is InChI=1S/C24H30N2O4.C21H29F3N4O2S/c1-4-6-9-17-14-18(16(3)13-22(27)28)15-20(23(17)29-12-5-2)26-24-25-19-10-7-8-11-21(19)30-24;1-12(2)10-28(11-13(3)4)17-7-6-15(14(5)8-18(29)30)9-16(17)25-20-26-19(27-31-20)21(22,23)24/h7-8,10-11,14-16H,4-6,9,12-13H2,1-3H3,(H,25,26)(H,27,28);6-7,9,12-14H,8,10-11H2,1-5H3,(H,29,30)(H,25,26,27). The van der Waals surface area contributed by atoms with E-state index in [-0.39, 0.29) is 29.8 Å². The second-order valence-corrected chi connectivity index (χ2v) is 16.9. The molecule has 0 bridgehead atoms. The topological polar surface area (TPSA) is 163 Å². The van der Waals surface area contributed by atoms with Gasteiger partial charge in [-0.05, 0) is 90.0 Å². The summed E-state index contributed by atoms with van der Waals surface area (Å²) in [5.74, 6) is -1.74. The maximum Gasteiger partial charge on any atom is 0.452 e. The average Bonchev–Trinajstić information content (AvgIpc) is 3.83. The van der Waals surface area contributed by atoms with Crippen molar-refractivity contribution in [2.45, 2.75) is 112 Å². The zero-order valence-electron chi connectivity index (χ0n) is 36.2. The molecule has 0 amide bonds. The van der Waals surface area contributed by atoms with Gasteiger partial charge in [0.25, 0.3) is 6.01 Å². The summed E-state index contributed by atoms with van der Waals surface area (Å²) in [5, 5.41) is 24.7. The summed E-state index contributed by atoms with van der Waals surface area (Å²) in [6.45, 7) is 18.5. The number of unbranched alkanes of at least 4 members (excludes halogenated alkanes) is 1. The summed E-state index contributed by atoms with van der Waals surface area (Å²) in [7, 11) is 0. The monoisotopic (exact) mass is 868 g/mol. The number of hydrogen-bond acceptors (Lipinski definition) is 11. The molecule has 0 aliphatic heterocycles. The summed E-state index contributed by atoms with van der Waals surface area (Å²) in [5.41, 5.74) is 6.48. The van der Waals surface area contributed by atoms with Crippen molar-refractivity contribution >= 4 is 62.8 Å². The predicted octanol–water partition coefficient (Wildman–Crippen LogP) is 12.3. The van der Waals surface area contributed by atoms with Gasteiger partial charge in [0.15, 0.2) is 5.58 Å². The van der Waals surface area contributed by atoms with Crippen molar-refractivity contribution in [3.63, 3.8) is 0 Å². The van der Waals surface area contributed by atoms with Gasteiger partial charge in [0.1, 0.15) is 11.3 Å². The highest BCUT2D eigenvalue weighted by atomic mass is 32.1. The molecule has 2 atom stereocenters. The van der Waals surface area contributed by atoms with Crippen molar-refractivity contribution in [2.24, 2.45) is 11.8 Å². The summed E-state index contributed by atoms with van der Waals surface area (Å²) in [4.78, 5) is 32.7. The van der Waals surface area contributed by atoms with E-state index in [0.29, 0.717) is 47.3 Å². The van der Waals surface area contributed by atoms with Crippen LogP contribution in [-0.4, -0.2) is 56.2 Å². The number of oxazole rings is 1. The molecule has 3 aromatic carbocycles. The summed E-state index contributed by atoms with van der Waals surface area (Å²) in [6.07, 6.45) is -0.726. The number of aryl methyl sites for hydroxylation is 1. The van der Waals surface area contributed by atoms with Gasteiger partial charge < -0.3 is 34.9 Å². The van der Waals surface area contributed by atoms with Crippen molar-refractivity contribution in [2.75, 3.05) is 35.2 Å². The average molecular weight is 869 g/mol. The number of carboxylic acid groups (broad SMARTS) is 2. The van der Waals surface area contributed by atoms with E-state index in [1.807, 2.05) is 49.4 Å². The molecule has 0 spiro atoms. The van der Waals surface area contributed by atoms with Gasteiger partial charge in [-0.15, -0.1) is 0 Å². The smallest absolute Gasteiger partial charge is 0.452 e. The first-order valence-corrected chi connectivity index (χ1v) is 21.6. The minimum absolute atomic E-state index is 0.0330. The van der Waals surface area contributed by atoms with Crippen LogP contribution in [0.5, 0.6) is 5.75 Å². The number of hydrogen-bond donors (Lipinski definition) is 4. The molecule has 0 aliphatic rings. The molecule has 61 heavy (non-hydrogen) atoms. The first-order chi connectivity index (χ1) is 28.9. The Morgan fingerprint density at radius 2 is 1.48 bits per heavy atom. The number of carbonyl (C=O) groups is 2. The first-order valence-electron chi connectivity index (χ1n) is 20.8. The van der Waals surface area contributed by atoms with Gasteiger partial charge in [-0.3, -0.25) is 9.59 Å². The number of aliphatic carboxylic acids is 2. The Labute approximate surface area is 360 Å². The fraction of sp³-hybridized carbons (Fsp3) is 0.489. The van der Waals surface area contributed by atoms with E-state index < -0.39 is 23.9 Å². The van der Waals surface area contributed by atoms with E-state index in [1.165, 1.54) is 0 Å². The summed E-state index contributed by atoms with van der Waals surface area (Å²) >= 11 is 0.640. The second-order valence-electron chi connectivity index (χ2n) is 16.1. The fourth-order valence-corrected chi connectivity index (χ4v) is 7.31. The SMILES string of the molecule is CC(C)CN(CC(C)C)c1ccc(C(C)CC(=O)O)cc1Nc1nc(C(F)(F)F)ns1.CCCCc1cc(C(C)CC(=O)O)cc(Nc2nc3ccccc3o2)c1OCCC. The van der Waals surface area contributed by atoms with E-state index in [2.05, 4.69) is 77.5 Å². The lowest BCUT2D eigenvalue weighted by atomic mass is 9.93. The van der Waals surface area contributed by atoms with Crippen LogP contribution in [0, 0.1) is 11.8 Å². The van der Waals surface area contributed by atoms with E-state index >= 15 is 0 Å². The van der Waals surface area contributed by atoms with Crippen molar-refractivity contribution in [1.82, 2.24) is 14.3 Å². The normalized spacial score (nSPS) is 12.5. The number of nitrogens with one attached hydrogen (secondary N) is 2. The van der Waals surface area contributed by atoms with E-state index in [9.17, 15) is 27.9 Å². The maximum atomic E-state index is 12.9. The molecule has 0 saturated carbocycles. The zero-order chi connectivity index (χ0) is 44.9. The van der Waals surface area contributed by atoms with Crippen LogP contribution in [0.25, 0.3) is 11.1 Å². The molecule has 5 rings (SSSR count). The van der Waals surface area contributed by atoms with Gasteiger partial charge in [-0.25, -0.2) is 0 Å². The Balaban J connectivity index is 0.000000269.